The molecule has 5 aromatic rings. The van der Waals surface area contributed by atoms with E-state index in [1.54, 1.807) is 0 Å². The summed E-state index contributed by atoms with van der Waals surface area (Å²) in [7, 11) is 0. The zero-order valence-electron chi connectivity index (χ0n) is 17.2. The Morgan fingerprint density at radius 2 is 1.66 bits per heavy atom. The molecule has 1 aromatic heterocycles. The van der Waals surface area contributed by atoms with Gasteiger partial charge in [-0.25, -0.2) is 0 Å². The lowest BCUT2D eigenvalue weighted by atomic mass is 9.34. The van der Waals surface area contributed by atoms with E-state index in [0.717, 1.165) is 41.3 Å². The zero-order valence-corrected chi connectivity index (χ0v) is 18.0. The second-order valence-electron chi connectivity index (χ2n) is 8.78. The van der Waals surface area contributed by atoms with Gasteiger partial charge in [-0.1, -0.05) is 54.6 Å². The molecule has 0 fully saturated rings. The highest BCUT2D eigenvalue weighted by molar-refractivity contribution is 7.25. The summed E-state index contributed by atoms with van der Waals surface area (Å²) in [5.74, 6) is 3.83. The van der Waals surface area contributed by atoms with Gasteiger partial charge in [0, 0.05) is 31.2 Å². The first-order chi connectivity index (χ1) is 15.8. The summed E-state index contributed by atoms with van der Waals surface area (Å²) in [6, 6.07) is 24.0. The Balaban J connectivity index is 1.46. The Morgan fingerprint density at radius 1 is 0.750 bits per heavy atom. The van der Waals surface area contributed by atoms with Gasteiger partial charge in [0.1, 0.15) is 23.0 Å². The number of benzene rings is 4. The van der Waals surface area contributed by atoms with Crippen LogP contribution in [0.3, 0.4) is 0 Å². The molecule has 4 heteroatoms. The number of thiophene rings is 1. The third kappa shape index (κ3) is 2.15. The van der Waals surface area contributed by atoms with E-state index in [4.69, 9.17) is 9.47 Å². The van der Waals surface area contributed by atoms with E-state index in [9.17, 15) is 0 Å². The van der Waals surface area contributed by atoms with Crippen LogP contribution in [0.2, 0.25) is 0 Å². The number of hydrogen-bond acceptors (Lipinski definition) is 3. The van der Waals surface area contributed by atoms with Crippen LogP contribution in [0.15, 0.2) is 72.8 Å². The van der Waals surface area contributed by atoms with E-state index in [1.807, 2.05) is 17.4 Å². The summed E-state index contributed by atoms with van der Waals surface area (Å²) < 4.78 is 15.6. The Kier molecular flexibility index (Phi) is 3.24. The highest BCUT2D eigenvalue weighted by Gasteiger charge is 2.41. The topological polar surface area (TPSA) is 18.5 Å². The van der Waals surface area contributed by atoms with Crippen molar-refractivity contribution in [2.45, 2.75) is 12.8 Å². The summed E-state index contributed by atoms with van der Waals surface area (Å²) in [6.45, 7) is 0.118. The average molecular weight is 428 g/mol. The Labute approximate surface area is 189 Å². The van der Waals surface area contributed by atoms with Crippen LogP contribution in [0.1, 0.15) is 17.5 Å². The smallest absolute Gasteiger partial charge is 0.260 e. The van der Waals surface area contributed by atoms with Gasteiger partial charge in [-0.2, -0.15) is 0 Å². The fourth-order valence-corrected chi connectivity index (χ4v) is 6.75. The second kappa shape index (κ2) is 6.05. The van der Waals surface area contributed by atoms with Crippen LogP contribution in [0, 0.1) is 0 Å². The average Bonchev–Trinajstić information content (AvgIpc) is 3.20. The van der Waals surface area contributed by atoms with Gasteiger partial charge in [0.25, 0.3) is 6.71 Å². The van der Waals surface area contributed by atoms with Crippen molar-refractivity contribution < 1.29 is 9.47 Å². The van der Waals surface area contributed by atoms with E-state index in [-0.39, 0.29) is 6.71 Å². The Hall–Kier alpha value is -3.50. The van der Waals surface area contributed by atoms with E-state index in [1.165, 1.54) is 42.2 Å². The van der Waals surface area contributed by atoms with Crippen molar-refractivity contribution in [3.63, 3.8) is 0 Å². The van der Waals surface area contributed by atoms with Crippen LogP contribution in [0.5, 0.6) is 23.0 Å². The number of ether oxygens (including phenoxy) is 2. The largest absolute Gasteiger partial charge is 0.458 e. The SMILES string of the molecule is C1=Cc2ccc3c(c2CC1)Oc1cccc2c1B3c1cc3c(cc1O2)sc1ccccc13. The molecule has 0 bridgehead atoms. The third-order valence-corrected chi connectivity index (χ3v) is 8.20. The summed E-state index contributed by atoms with van der Waals surface area (Å²) in [5, 5.41) is 2.63. The molecule has 0 radical (unpaired) electrons. The molecule has 0 saturated carbocycles. The molecular formula is C28H17BO2S. The molecule has 8 rings (SSSR count). The molecule has 32 heavy (non-hydrogen) atoms. The van der Waals surface area contributed by atoms with Crippen molar-refractivity contribution >= 4 is 60.7 Å². The van der Waals surface area contributed by atoms with Crippen LogP contribution < -0.4 is 25.9 Å². The van der Waals surface area contributed by atoms with Crippen molar-refractivity contribution in [3.05, 3.63) is 83.9 Å². The van der Waals surface area contributed by atoms with Gasteiger partial charge in [-0.15, -0.1) is 11.3 Å². The van der Waals surface area contributed by atoms with Crippen LogP contribution in [-0.4, -0.2) is 6.71 Å². The van der Waals surface area contributed by atoms with Gasteiger partial charge >= 0.3 is 0 Å². The van der Waals surface area contributed by atoms with Crippen molar-refractivity contribution in [2.24, 2.45) is 0 Å². The number of fused-ring (bicyclic) bond motifs is 9. The molecule has 2 nitrogen and oxygen atoms in total. The Bertz CT molecular complexity index is 1650. The molecule has 3 aliphatic rings. The summed E-state index contributed by atoms with van der Waals surface area (Å²) in [4.78, 5) is 0. The molecular weight excluding hydrogens is 411 g/mol. The van der Waals surface area contributed by atoms with Gasteiger partial charge in [0.05, 0.1) is 0 Å². The van der Waals surface area contributed by atoms with Gasteiger partial charge in [-0.05, 0) is 53.6 Å². The summed E-state index contributed by atoms with van der Waals surface area (Å²) >= 11 is 1.83. The first-order valence-electron chi connectivity index (χ1n) is 11.1. The predicted octanol–water partition coefficient (Wildman–Crippen LogP) is 5.74. The monoisotopic (exact) mass is 428 g/mol. The van der Waals surface area contributed by atoms with E-state index in [2.05, 4.69) is 72.8 Å². The normalized spacial score (nSPS) is 14.9. The van der Waals surface area contributed by atoms with Crippen molar-refractivity contribution in [3.8, 4) is 23.0 Å². The maximum absolute atomic E-state index is 6.57. The van der Waals surface area contributed by atoms with E-state index < -0.39 is 0 Å². The minimum atomic E-state index is 0.118. The maximum atomic E-state index is 6.57. The number of hydrogen-bond donors (Lipinski definition) is 0. The van der Waals surface area contributed by atoms with Crippen LogP contribution >= 0.6 is 11.3 Å². The van der Waals surface area contributed by atoms with Crippen LogP contribution in [-0.2, 0) is 6.42 Å². The number of allylic oxidation sites excluding steroid dienone is 1. The van der Waals surface area contributed by atoms with Gasteiger partial charge in [0.15, 0.2) is 0 Å². The van der Waals surface area contributed by atoms with Crippen molar-refractivity contribution in [1.82, 2.24) is 0 Å². The molecule has 4 aromatic carbocycles. The standard InChI is InChI=1S/C28H17BO2S/c1-2-7-17-16(6-1)12-13-20-28(17)31-23-10-5-9-22-27(23)29(20)21-14-19-18-8-3-4-11-25(18)32-26(19)15-24(21)30-22/h1,3-6,8-15H,2,7H2. The lowest BCUT2D eigenvalue weighted by Gasteiger charge is -2.34. The van der Waals surface area contributed by atoms with E-state index in [0.29, 0.717) is 0 Å². The zero-order chi connectivity index (χ0) is 20.8. The second-order valence-corrected chi connectivity index (χ2v) is 9.87. The maximum Gasteiger partial charge on any atom is 0.260 e. The molecule has 3 heterocycles. The fraction of sp³-hybridized carbons (Fsp3) is 0.0714. The Morgan fingerprint density at radius 3 is 2.62 bits per heavy atom. The van der Waals surface area contributed by atoms with Crippen LogP contribution in [0.4, 0.5) is 0 Å². The minimum Gasteiger partial charge on any atom is -0.458 e. The summed E-state index contributed by atoms with van der Waals surface area (Å²) in [5.41, 5.74) is 6.24. The first kappa shape index (κ1) is 17.1. The molecule has 0 atom stereocenters. The lowest BCUT2D eigenvalue weighted by Crippen LogP contribution is -2.57. The molecule has 0 spiro atoms. The first-order valence-corrected chi connectivity index (χ1v) is 11.9. The van der Waals surface area contributed by atoms with Gasteiger partial charge in [0.2, 0.25) is 0 Å². The molecule has 0 N–H and O–H groups in total. The molecule has 0 amide bonds. The lowest BCUT2D eigenvalue weighted by molar-refractivity contribution is 0.461. The molecule has 0 saturated heterocycles. The molecule has 2 aliphatic heterocycles. The van der Waals surface area contributed by atoms with Crippen molar-refractivity contribution in [2.75, 3.05) is 0 Å². The molecule has 1 aliphatic carbocycles. The van der Waals surface area contributed by atoms with E-state index >= 15 is 0 Å². The summed E-state index contributed by atoms with van der Waals surface area (Å²) in [6.07, 6.45) is 6.57. The highest BCUT2D eigenvalue weighted by atomic mass is 32.1. The van der Waals surface area contributed by atoms with Gasteiger partial charge < -0.3 is 9.47 Å². The van der Waals surface area contributed by atoms with Crippen molar-refractivity contribution in [1.29, 1.82) is 0 Å². The number of rotatable bonds is 0. The molecule has 150 valence electrons. The minimum absolute atomic E-state index is 0.118. The van der Waals surface area contributed by atoms with Gasteiger partial charge in [-0.3, -0.25) is 0 Å². The highest BCUT2D eigenvalue weighted by Crippen LogP contribution is 2.41. The fourth-order valence-electron chi connectivity index (χ4n) is 5.64. The van der Waals surface area contributed by atoms with Crippen LogP contribution in [0.25, 0.3) is 26.2 Å². The third-order valence-electron chi connectivity index (χ3n) is 7.06. The quantitative estimate of drug-likeness (QED) is 0.287. The molecule has 0 unspecified atom stereocenters. The predicted molar refractivity (Wildman–Crippen MR) is 134 cm³/mol.